The molecule has 2 aromatic rings. The summed E-state index contributed by atoms with van der Waals surface area (Å²) in [6.07, 6.45) is 10.9. The van der Waals surface area contributed by atoms with E-state index >= 15 is 0 Å². The number of alkyl halides is 3. The van der Waals surface area contributed by atoms with Crippen molar-refractivity contribution in [2.45, 2.75) is 108 Å². The molecule has 1 aliphatic carbocycles. The molecule has 1 aliphatic heterocycles. The standard InChI is InChI=1S/C31H43F3OSi/c1-2-3-4-21-36-22-19-25(20-23-36)6-5-24-7-9-26(10-8-24)27-11-13-28(14-12-27)29-15-17-30(18-16-29)35-31(32,33)34/h11-18,24-26,36H,2-10,19-23H2,1H3. The normalized spacial score (nSPS) is 25.0. The fourth-order valence-electron chi connectivity index (χ4n) is 6.54. The fourth-order valence-corrected chi connectivity index (χ4v) is 10.2. The summed E-state index contributed by atoms with van der Waals surface area (Å²) in [5, 5.41) is 0. The minimum Gasteiger partial charge on any atom is -0.406 e. The minimum atomic E-state index is -4.66. The van der Waals surface area contributed by atoms with E-state index in [-0.39, 0.29) is 14.5 Å². The van der Waals surface area contributed by atoms with Crippen molar-refractivity contribution in [3.8, 4) is 16.9 Å². The Bertz CT molecular complexity index is 893. The molecule has 198 valence electrons. The molecule has 0 spiro atoms. The lowest BCUT2D eigenvalue weighted by Gasteiger charge is -2.32. The molecule has 1 saturated carbocycles. The van der Waals surface area contributed by atoms with Crippen molar-refractivity contribution in [3.63, 3.8) is 0 Å². The first-order valence-corrected chi connectivity index (χ1v) is 16.8. The van der Waals surface area contributed by atoms with Gasteiger partial charge in [-0.05, 0) is 72.3 Å². The van der Waals surface area contributed by atoms with Crippen LogP contribution in [0.1, 0.15) is 89.0 Å². The van der Waals surface area contributed by atoms with Crippen LogP contribution in [0, 0.1) is 11.8 Å². The number of benzene rings is 2. The first kappa shape index (κ1) is 27.3. The van der Waals surface area contributed by atoms with E-state index in [1.54, 1.807) is 30.3 Å². The quantitative estimate of drug-likeness (QED) is 0.225. The van der Waals surface area contributed by atoms with Crippen LogP contribution in [0.4, 0.5) is 13.2 Å². The Morgan fingerprint density at radius 2 is 1.31 bits per heavy atom. The maximum atomic E-state index is 12.4. The highest BCUT2D eigenvalue weighted by Crippen LogP contribution is 2.40. The minimum absolute atomic E-state index is 0.184. The van der Waals surface area contributed by atoms with Gasteiger partial charge in [-0.3, -0.25) is 0 Å². The summed E-state index contributed by atoms with van der Waals surface area (Å²) in [7, 11) is -0.379. The summed E-state index contributed by atoms with van der Waals surface area (Å²) in [6, 6.07) is 19.6. The highest BCUT2D eigenvalue weighted by molar-refractivity contribution is 6.58. The topological polar surface area (TPSA) is 9.23 Å². The predicted octanol–water partition coefficient (Wildman–Crippen LogP) is 10.1. The average molecular weight is 517 g/mol. The highest BCUT2D eigenvalue weighted by atomic mass is 28.3. The zero-order chi connectivity index (χ0) is 25.4. The molecule has 2 fully saturated rings. The molecule has 2 aromatic carbocycles. The van der Waals surface area contributed by atoms with Crippen LogP contribution >= 0.6 is 0 Å². The molecule has 5 heteroatoms. The van der Waals surface area contributed by atoms with E-state index in [2.05, 4.69) is 35.9 Å². The molecule has 0 amide bonds. The smallest absolute Gasteiger partial charge is 0.406 e. The number of ether oxygens (including phenoxy) is 1. The van der Waals surface area contributed by atoms with Gasteiger partial charge in [0.25, 0.3) is 0 Å². The predicted molar refractivity (Wildman–Crippen MR) is 146 cm³/mol. The second-order valence-electron chi connectivity index (χ2n) is 11.4. The molecule has 4 rings (SSSR count). The van der Waals surface area contributed by atoms with Crippen molar-refractivity contribution < 1.29 is 17.9 Å². The molecule has 0 N–H and O–H groups in total. The van der Waals surface area contributed by atoms with Crippen molar-refractivity contribution >= 4 is 8.80 Å². The number of hydrogen-bond donors (Lipinski definition) is 0. The van der Waals surface area contributed by atoms with Crippen molar-refractivity contribution in [1.82, 2.24) is 0 Å². The van der Waals surface area contributed by atoms with Crippen molar-refractivity contribution in [2.75, 3.05) is 0 Å². The van der Waals surface area contributed by atoms with Gasteiger partial charge in [0.15, 0.2) is 0 Å². The molecular formula is C31H43F3OSi. The summed E-state index contributed by atoms with van der Waals surface area (Å²) in [6.45, 7) is 2.31. The molecule has 0 radical (unpaired) electrons. The lowest BCUT2D eigenvalue weighted by Crippen LogP contribution is -2.22. The van der Waals surface area contributed by atoms with Crippen LogP contribution in [0.2, 0.25) is 18.1 Å². The molecule has 1 saturated heterocycles. The van der Waals surface area contributed by atoms with E-state index in [1.807, 2.05) is 0 Å². The van der Waals surface area contributed by atoms with Crippen LogP contribution in [-0.2, 0) is 0 Å². The van der Waals surface area contributed by atoms with Gasteiger partial charge in [-0.1, -0.05) is 106 Å². The Morgan fingerprint density at radius 1 is 0.750 bits per heavy atom. The van der Waals surface area contributed by atoms with E-state index in [0.29, 0.717) is 5.92 Å². The van der Waals surface area contributed by atoms with Gasteiger partial charge in [0.1, 0.15) is 5.75 Å². The summed E-state index contributed by atoms with van der Waals surface area (Å²) < 4.78 is 41.1. The first-order valence-electron chi connectivity index (χ1n) is 14.4. The Kier molecular flexibility index (Phi) is 9.98. The van der Waals surface area contributed by atoms with Gasteiger partial charge in [-0.2, -0.15) is 0 Å². The van der Waals surface area contributed by atoms with Gasteiger partial charge >= 0.3 is 6.36 Å². The zero-order valence-corrected chi connectivity index (χ0v) is 23.0. The summed E-state index contributed by atoms with van der Waals surface area (Å²) in [4.78, 5) is 0. The number of halogens is 3. The molecular weight excluding hydrogens is 473 g/mol. The molecule has 0 unspecified atom stereocenters. The molecule has 0 atom stereocenters. The molecule has 0 bridgehead atoms. The molecule has 0 aromatic heterocycles. The third-order valence-corrected chi connectivity index (χ3v) is 12.3. The van der Waals surface area contributed by atoms with Gasteiger partial charge in [0, 0.05) is 8.80 Å². The highest BCUT2D eigenvalue weighted by Gasteiger charge is 2.31. The summed E-state index contributed by atoms with van der Waals surface area (Å²) >= 11 is 0. The van der Waals surface area contributed by atoms with Crippen LogP contribution in [0.25, 0.3) is 11.1 Å². The Morgan fingerprint density at radius 3 is 1.86 bits per heavy atom. The number of unbranched alkanes of at least 4 members (excludes halogenated alkanes) is 2. The first-order chi connectivity index (χ1) is 17.4. The third-order valence-electron chi connectivity index (χ3n) is 8.82. The average Bonchev–Trinajstić information content (AvgIpc) is 2.88. The molecule has 36 heavy (non-hydrogen) atoms. The van der Waals surface area contributed by atoms with Crippen LogP contribution in [0.3, 0.4) is 0 Å². The van der Waals surface area contributed by atoms with E-state index < -0.39 is 6.36 Å². The molecule has 1 heterocycles. The second-order valence-corrected chi connectivity index (χ2v) is 14.8. The van der Waals surface area contributed by atoms with Gasteiger partial charge in [-0.25, -0.2) is 0 Å². The SMILES string of the molecule is CCCCC[SiH]1CCC(CCC2CCC(c3ccc(-c4ccc(OC(F)(F)F)cc4)cc3)CC2)CC1. The monoisotopic (exact) mass is 516 g/mol. The van der Waals surface area contributed by atoms with E-state index in [1.165, 1.54) is 88.3 Å². The maximum Gasteiger partial charge on any atom is 0.573 e. The molecule has 1 nitrogen and oxygen atoms in total. The largest absolute Gasteiger partial charge is 0.573 e. The fraction of sp³-hybridized carbons (Fsp3) is 0.613. The maximum absolute atomic E-state index is 12.4. The van der Waals surface area contributed by atoms with E-state index in [4.69, 9.17) is 0 Å². The summed E-state index contributed by atoms with van der Waals surface area (Å²) in [5.74, 6) is 2.38. The Hall–Kier alpha value is -1.75. The Balaban J connectivity index is 1.17. The lowest BCUT2D eigenvalue weighted by atomic mass is 9.76. The number of hydrogen-bond acceptors (Lipinski definition) is 1. The van der Waals surface area contributed by atoms with E-state index in [0.717, 1.165) is 23.0 Å². The third kappa shape index (κ3) is 8.39. The van der Waals surface area contributed by atoms with Crippen LogP contribution in [0.5, 0.6) is 5.75 Å². The van der Waals surface area contributed by atoms with Gasteiger partial charge in [-0.15, -0.1) is 13.2 Å². The number of rotatable bonds is 10. The van der Waals surface area contributed by atoms with Crippen LogP contribution in [-0.4, -0.2) is 15.2 Å². The zero-order valence-electron chi connectivity index (χ0n) is 21.9. The van der Waals surface area contributed by atoms with Gasteiger partial charge < -0.3 is 4.74 Å². The Labute approximate surface area is 217 Å². The molecule has 2 aliphatic rings. The van der Waals surface area contributed by atoms with Gasteiger partial charge in [0.2, 0.25) is 0 Å². The van der Waals surface area contributed by atoms with E-state index in [9.17, 15) is 13.2 Å². The van der Waals surface area contributed by atoms with Crippen LogP contribution in [0.15, 0.2) is 48.5 Å². The lowest BCUT2D eigenvalue weighted by molar-refractivity contribution is -0.274. The van der Waals surface area contributed by atoms with Crippen LogP contribution < -0.4 is 4.74 Å². The van der Waals surface area contributed by atoms with Crippen molar-refractivity contribution in [2.24, 2.45) is 11.8 Å². The van der Waals surface area contributed by atoms with Crippen molar-refractivity contribution in [1.29, 1.82) is 0 Å². The van der Waals surface area contributed by atoms with Crippen molar-refractivity contribution in [3.05, 3.63) is 54.1 Å². The second kappa shape index (κ2) is 13.2. The summed E-state index contributed by atoms with van der Waals surface area (Å²) in [5.41, 5.74) is 3.33. The van der Waals surface area contributed by atoms with Gasteiger partial charge in [0.05, 0.1) is 0 Å².